The lowest BCUT2D eigenvalue weighted by Gasteiger charge is -2.51. The van der Waals surface area contributed by atoms with Crippen LogP contribution in [-0.4, -0.2) is 38.0 Å². The summed E-state index contributed by atoms with van der Waals surface area (Å²) < 4.78 is 0. The Kier molecular flexibility index (Phi) is 1.83. The van der Waals surface area contributed by atoms with Gasteiger partial charge in [-0.2, -0.15) is 0 Å². The Hall–Kier alpha value is -0.570. The molecule has 2 heterocycles. The highest BCUT2D eigenvalue weighted by atomic mass is 16.1. The van der Waals surface area contributed by atoms with E-state index in [0.29, 0.717) is 17.8 Å². The molecule has 2 bridgehead atoms. The second-order valence-corrected chi connectivity index (χ2v) is 4.12. The number of nitrogens with one attached hydrogen (secondary N) is 1. The van der Waals surface area contributed by atoms with Crippen molar-refractivity contribution in [1.82, 2.24) is 10.2 Å². The Morgan fingerprint density at radius 2 is 2.00 bits per heavy atom. The maximum atomic E-state index is 11.4. The minimum atomic E-state index is 0.254. The van der Waals surface area contributed by atoms with Gasteiger partial charge >= 0.3 is 0 Å². The first-order chi connectivity index (χ1) is 5.72. The third kappa shape index (κ3) is 1.04. The van der Waals surface area contributed by atoms with Gasteiger partial charge in [-0.3, -0.25) is 4.79 Å². The topological polar surface area (TPSA) is 32.3 Å². The molecule has 0 aromatic heterocycles. The fourth-order valence-corrected chi connectivity index (χ4v) is 2.72. The van der Waals surface area contributed by atoms with E-state index < -0.39 is 0 Å². The van der Waals surface area contributed by atoms with Crippen LogP contribution in [0.2, 0.25) is 0 Å². The van der Waals surface area contributed by atoms with Crippen LogP contribution < -0.4 is 5.32 Å². The van der Waals surface area contributed by atoms with Gasteiger partial charge in [-0.15, -0.1) is 0 Å². The van der Waals surface area contributed by atoms with Crippen LogP contribution in [0, 0.1) is 17.8 Å². The highest BCUT2D eigenvalue weighted by Gasteiger charge is 2.48. The fourth-order valence-electron chi connectivity index (χ4n) is 2.72. The number of carbonyl (C=O) groups is 1. The number of fused-ring (bicyclic) bond motifs is 2. The molecule has 1 aliphatic carbocycles. The molecule has 3 fully saturated rings. The van der Waals surface area contributed by atoms with E-state index >= 15 is 0 Å². The van der Waals surface area contributed by atoms with Gasteiger partial charge in [-0.05, 0) is 25.3 Å². The molecule has 3 heteroatoms. The van der Waals surface area contributed by atoms with Gasteiger partial charge in [0.15, 0.2) is 0 Å². The summed E-state index contributed by atoms with van der Waals surface area (Å²) in [5.74, 6) is 1.85. The summed E-state index contributed by atoms with van der Waals surface area (Å²) in [5, 5.41) is 2.75. The van der Waals surface area contributed by atoms with Crippen LogP contribution in [0.4, 0.5) is 0 Å². The standard InChI is InChI=1S/C9H16N2O/c1-10-9(12)8-6-3-7(8)5-11(2)4-6/h6-8H,3-5H2,1-2H3,(H,10,12). The maximum Gasteiger partial charge on any atom is 0.223 e. The maximum absolute atomic E-state index is 11.4. The quantitative estimate of drug-likeness (QED) is 0.594. The zero-order valence-corrected chi connectivity index (χ0v) is 7.71. The molecular weight excluding hydrogens is 152 g/mol. The van der Waals surface area contributed by atoms with Crippen molar-refractivity contribution >= 4 is 5.91 Å². The van der Waals surface area contributed by atoms with Crippen LogP contribution in [0.5, 0.6) is 0 Å². The van der Waals surface area contributed by atoms with Gasteiger partial charge in [-0.1, -0.05) is 0 Å². The van der Waals surface area contributed by atoms with E-state index in [1.54, 1.807) is 7.05 Å². The number of hydrogen-bond donors (Lipinski definition) is 1. The van der Waals surface area contributed by atoms with E-state index in [0.717, 1.165) is 13.1 Å². The van der Waals surface area contributed by atoms with Crippen molar-refractivity contribution in [3.05, 3.63) is 0 Å². The molecule has 2 aliphatic heterocycles. The molecule has 1 N–H and O–H groups in total. The van der Waals surface area contributed by atoms with Gasteiger partial charge in [0.25, 0.3) is 0 Å². The molecule has 3 rings (SSSR count). The summed E-state index contributed by atoms with van der Waals surface area (Å²) in [6.45, 7) is 2.21. The second-order valence-electron chi connectivity index (χ2n) is 4.12. The normalized spacial score (nSPS) is 40.3. The Labute approximate surface area is 73.1 Å². The van der Waals surface area contributed by atoms with Gasteiger partial charge in [0, 0.05) is 26.1 Å². The SMILES string of the molecule is CNC(=O)C1C2CC1CN(C)C2. The van der Waals surface area contributed by atoms with Gasteiger partial charge in [0.1, 0.15) is 0 Å². The monoisotopic (exact) mass is 168 g/mol. The third-order valence-corrected chi connectivity index (χ3v) is 3.26. The zero-order valence-electron chi connectivity index (χ0n) is 7.71. The van der Waals surface area contributed by atoms with Crippen LogP contribution >= 0.6 is 0 Å². The predicted molar refractivity (Wildman–Crippen MR) is 46.7 cm³/mol. The Morgan fingerprint density at radius 1 is 1.42 bits per heavy atom. The van der Waals surface area contributed by atoms with Crippen molar-refractivity contribution in [2.24, 2.45) is 17.8 Å². The molecule has 0 aromatic rings. The molecule has 68 valence electrons. The summed E-state index contributed by atoms with van der Waals surface area (Å²) in [7, 11) is 3.87. The van der Waals surface area contributed by atoms with Crippen LogP contribution in [0.15, 0.2) is 0 Å². The lowest BCUT2D eigenvalue weighted by Crippen LogP contribution is -2.58. The van der Waals surface area contributed by atoms with Crippen LogP contribution in [0.1, 0.15) is 6.42 Å². The molecule has 2 saturated heterocycles. The van der Waals surface area contributed by atoms with Crippen LogP contribution in [0.3, 0.4) is 0 Å². The Bertz CT molecular complexity index is 193. The summed E-state index contributed by atoms with van der Waals surface area (Å²) in [4.78, 5) is 13.7. The van der Waals surface area contributed by atoms with Gasteiger partial charge < -0.3 is 10.2 Å². The van der Waals surface area contributed by atoms with E-state index in [2.05, 4.69) is 17.3 Å². The average Bonchev–Trinajstić information content (AvgIpc) is 2.03. The predicted octanol–water partition coefficient (Wildman–Crippen LogP) is -0.0699. The summed E-state index contributed by atoms with van der Waals surface area (Å²) >= 11 is 0. The highest BCUT2D eigenvalue weighted by molar-refractivity contribution is 5.80. The van der Waals surface area contributed by atoms with E-state index in [-0.39, 0.29) is 5.91 Å². The van der Waals surface area contributed by atoms with Crippen molar-refractivity contribution in [3.63, 3.8) is 0 Å². The molecule has 0 aromatic carbocycles. The van der Waals surface area contributed by atoms with Crippen molar-refractivity contribution < 1.29 is 4.79 Å². The van der Waals surface area contributed by atoms with Gasteiger partial charge in [0.2, 0.25) is 5.91 Å². The first-order valence-electron chi connectivity index (χ1n) is 4.62. The van der Waals surface area contributed by atoms with Crippen molar-refractivity contribution in [1.29, 1.82) is 0 Å². The van der Waals surface area contributed by atoms with Crippen LogP contribution in [-0.2, 0) is 4.79 Å². The Balaban J connectivity index is 2.00. The lowest BCUT2D eigenvalue weighted by atomic mass is 9.61. The van der Waals surface area contributed by atoms with Crippen molar-refractivity contribution in [3.8, 4) is 0 Å². The zero-order chi connectivity index (χ0) is 8.72. The molecular formula is C9H16N2O. The molecule has 12 heavy (non-hydrogen) atoms. The van der Waals surface area contributed by atoms with E-state index in [4.69, 9.17) is 0 Å². The van der Waals surface area contributed by atoms with Crippen molar-refractivity contribution in [2.75, 3.05) is 27.2 Å². The molecule has 0 radical (unpaired) electrons. The summed E-state index contributed by atoms with van der Waals surface area (Å²) in [6.07, 6.45) is 1.27. The minimum Gasteiger partial charge on any atom is -0.359 e. The smallest absolute Gasteiger partial charge is 0.223 e. The van der Waals surface area contributed by atoms with Crippen LogP contribution in [0.25, 0.3) is 0 Å². The number of piperidine rings is 2. The molecule has 2 unspecified atom stereocenters. The molecule has 3 nitrogen and oxygen atoms in total. The molecule has 2 atom stereocenters. The summed E-state index contributed by atoms with van der Waals surface area (Å²) in [5.41, 5.74) is 0. The first-order valence-corrected chi connectivity index (χ1v) is 4.62. The molecule has 3 aliphatic rings. The highest BCUT2D eigenvalue weighted by Crippen LogP contribution is 2.44. The number of hydrogen-bond acceptors (Lipinski definition) is 2. The molecule has 0 spiro atoms. The number of rotatable bonds is 1. The minimum absolute atomic E-state index is 0.254. The fraction of sp³-hybridized carbons (Fsp3) is 0.889. The van der Waals surface area contributed by atoms with E-state index in [1.165, 1.54) is 6.42 Å². The number of carbonyl (C=O) groups excluding carboxylic acids is 1. The molecule has 1 amide bonds. The third-order valence-electron chi connectivity index (χ3n) is 3.26. The average molecular weight is 168 g/mol. The second kappa shape index (κ2) is 2.73. The van der Waals surface area contributed by atoms with Crippen molar-refractivity contribution in [2.45, 2.75) is 6.42 Å². The number of nitrogens with zero attached hydrogens (tertiary/aromatic N) is 1. The largest absolute Gasteiger partial charge is 0.359 e. The van der Waals surface area contributed by atoms with Gasteiger partial charge in [-0.25, -0.2) is 0 Å². The first kappa shape index (κ1) is 8.05. The Morgan fingerprint density at radius 3 is 2.50 bits per heavy atom. The summed E-state index contributed by atoms with van der Waals surface area (Å²) in [6, 6.07) is 0. The van der Waals surface area contributed by atoms with E-state index in [9.17, 15) is 4.79 Å². The van der Waals surface area contributed by atoms with Gasteiger partial charge in [0.05, 0.1) is 0 Å². The molecule has 1 saturated carbocycles. The van der Waals surface area contributed by atoms with E-state index in [1.807, 2.05) is 0 Å². The number of amides is 1. The lowest BCUT2D eigenvalue weighted by molar-refractivity contribution is -0.140.